The van der Waals surface area contributed by atoms with E-state index in [1.165, 1.54) is 24.3 Å². The Morgan fingerprint density at radius 3 is 2.61 bits per heavy atom. The van der Waals surface area contributed by atoms with Crippen LogP contribution in [-0.4, -0.2) is 8.42 Å². The van der Waals surface area contributed by atoms with Crippen molar-refractivity contribution in [2.45, 2.75) is 18.4 Å². The zero-order chi connectivity index (χ0) is 16.4. The average Bonchev–Trinajstić information content (AvgIpc) is 2.53. The molecule has 0 aliphatic heterocycles. The van der Waals surface area contributed by atoms with Crippen molar-refractivity contribution in [1.29, 1.82) is 0 Å². The van der Waals surface area contributed by atoms with Crippen molar-refractivity contribution in [3.8, 4) is 0 Å². The summed E-state index contributed by atoms with van der Waals surface area (Å²) < 4.78 is 32.4. The van der Waals surface area contributed by atoms with Gasteiger partial charge in [0.2, 0.25) is 10.0 Å². The second-order valence-electron chi connectivity index (χ2n) is 5.21. The van der Waals surface area contributed by atoms with Gasteiger partial charge in [-0.15, -0.1) is 0 Å². The largest absolute Gasteiger partial charge is 0.423 e. The second kappa shape index (κ2) is 5.98. The molecule has 0 saturated carbocycles. The predicted molar refractivity (Wildman–Crippen MR) is 87.7 cm³/mol. The highest BCUT2D eigenvalue weighted by molar-refractivity contribution is 7.89. The molecule has 1 N–H and O–H groups in total. The van der Waals surface area contributed by atoms with Gasteiger partial charge in [0.25, 0.3) is 0 Å². The highest BCUT2D eigenvalue weighted by Gasteiger charge is 2.15. The third-order valence-corrected chi connectivity index (χ3v) is 5.01. The summed E-state index contributed by atoms with van der Waals surface area (Å²) >= 11 is 0. The van der Waals surface area contributed by atoms with Crippen molar-refractivity contribution in [2.75, 3.05) is 0 Å². The molecule has 0 unspecified atom stereocenters. The number of sulfonamides is 1. The molecule has 1 aromatic heterocycles. The van der Waals surface area contributed by atoms with Crippen LogP contribution in [0.4, 0.5) is 0 Å². The van der Waals surface area contributed by atoms with E-state index >= 15 is 0 Å². The number of aryl methyl sites for hydroxylation is 1. The monoisotopic (exact) mass is 329 g/mol. The fourth-order valence-corrected chi connectivity index (χ4v) is 3.32. The fraction of sp³-hybridized carbons (Fsp3) is 0.118. The minimum absolute atomic E-state index is 0.132. The van der Waals surface area contributed by atoms with Gasteiger partial charge in [-0.05, 0) is 42.3 Å². The van der Waals surface area contributed by atoms with E-state index < -0.39 is 15.6 Å². The number of fused-ring (bicyclic) bond motifs is 1. The Morgan fingerprint density at radius 2 is 1.83 bits per heavy atom. The quantitative estimate of drug-likeness (QED) is 0.746. The summed E-state index contributed by atoms with van der Waals surface area (Å²) in [6.45, 7) is 2.15. The van der Waals surface area contributed by atoms with Gasteiger partial charge < -0.3 is 4.42 Å². The van der Waals surface area contributed by atoms with Gasteiger partial charge in [0.05, 0.1) is 4.90 Å². The lowest BCUT2D eigenvalue weighted by Gasteiger charge is -2.09. The van der Waals surface area contributed by atoms with Crippen LogP contribution in [0.3, 0.4) is 0 Å². The number of nitrogens with one attached hydrogen (secondary N) is 1. The summed E-state index contributed by atoms with van der Waals surface area (Å²) in [7, 11) is -3.65. The Hall–Kier alpha value is -2.44. The third-order valence-electron chi connectivity index (χ3n) is 3.61. The van der Waals surface area contributed by atoms with Crippen LogP contribution in [0.2, 0.25) is 0 Å². The summed E-state index contributed by atoms with van der Waals surface area (Å²) in [5.41, 5.74) is 1.83. The Kier molecular flexibility index (Phi) is 4.02. The Balaban J connectivity index is 1.89. The lowest BCUT2D eigenvalue weighted by molar-refractivity contribution is 0.560. The molecule has 3 aromatic rings. The molecule has 0 aliphatic carbocycles. The van der Waals surface area contributed by atoms with E-state index in [-0.39, 0.29) is 11.4 Å². The zero-order valence-corrected chi connectivity index (χ0v) is 13.3. The molecule has 0 amide bonds. The molecule has 23 heavy (non-hydrogen) atoms. The third kappa shape index (κ3) is 3.33. The molecule has 0 radical (unpaired) electrons. The SMILES string of the molecule is Cc1ccccc1CNS(=O)(=O)c1ccc2oc(=O)ccc2c1. The van der Waals surface area contributed by atoms with Crippen LogP contribution in [0, 0.1) is 6.92 Å². The maximum Gasteiger partial charge on any atom is 0.336 e. The predicted octanol–water partition coefficient (Wildman–Crippen LogP) is 2.58. The molecule has 0 aliphatic rings. The van der Waals surface area contributed by atoms with Crippen LogP contribution in [0.1, 0.15) is 11.1 Å². The van der Waals surface area contributed by atoms with E-state index in [0.29, 0.717) is 11.0 Å². The molecule has 118 valence electrons. The van der Waals surface area contributed by atoms with Crippen LogP contribution >= 0.6 is 0 Å². The molecule has 2 aromatic carbocycles. The first-order valence-electron chi connectivity index (χ1n) is 7.04. The molecular weight excluding hydrogens is 314 g/mol. The fourth-order valence-electron chi connectivity index (χ4n) is 2.28. The smallest absolute Gasteiger partial charge is 0.336 e. The van der Waals surface area contributed by atoms with Gasteiger partial charge >= 0.3 is 5.63 Å². The van der Waals surface area contributed by atoms with Crippen LogP contribution in [0.15, 0.2) is 68.7 Å². The highest BCUT2D eigenvalue weighted by Crippen LogP contribution is 2.18. The Bertz CT molecular complexity index is 1020. The maximum atomic E-state index is 12.4. The average molecular weight is 329 g/mol. The summed E-state index contributed by atoms with van der Waals surface area (Å²) in [4.78, 5) is 11.3. The summed E-state index contributed by atoms with van der Waals surface area (Å²) in [5.74, 6) is 0. The standard InChI is InChI=1S/C17H15NO4S/c1-12-4-2-3-5-14(12)11-18-23(20,21)15-7-8-16-13(10-15)6-9-17(19)22-16/h2-10,18H,11H2,1H3. The summed E-state index contributed by atoms with van der Waals surface area (Å²) in [5, 5.41) is 0.559. The van der Waals surface area contributed by atoms with Gasteiger partial charge in [0, 0.05) is 18.0 Å². The topological polar surface area (TPSA) is 76.4 Å². The summed E-state index contributed by atoms with van der Waals surface area (Å²) in [6.07, 6.45) is 0. The molecule has 6 heteroatoms. The molecule has 0 atom stereocenters. The summed E-state index contributed by atoms with van der Waals surface area (Å²) in [6, 6.07) is 14.8. The number of benzene rings is 2. The molecule has 3 rings (SSSR count). The van der Waals surface area contributed by atoms with Crippen molar-refractivity contribution in [2.24, 2.45) is 0 Å². The van der Waals surface area contributed by atoms with Gasteiger partial charge in [-0.2, -0.15) is 0 Å². The molecule has 0 spiro atoms. The van der Waals surface area contributed by atoms with E-state index in [9.17, 15) is 13.2 Å². The lowest BCUT2D eigenvalue weighted by Crippen LogP contribution is -2.23. The molecule has 5 nitrogen and oxygen atoms in total. The molecule has 0 fully saturated rings. The molecule has 0 saturated heterocycles. The minimum Gasteiger partial charge on any atom is -0.423 e. The zero-order valence-electron chi connectivity index (χ0n) is 12.4. The normalized spacial score (nSPS) is 11.7. The molecule has 1 heterocycles. The van der Waals surface area contributed by atoms with Crippen molar-refractivity contribution in [3.05, 3.63) is 76.1 Å². The molecular formula is C17H15NO4S. The van der Waals surface area contributed by atoms with E-state index in [0.717, 1.165) is 11.1 Å². The first-order valence-corrected chi connectivity index (χ1v) is 8.52. The second-order valence-corrected chi connectivity index (χ2v) is 6.97. The lowest BCUT2D eigenvalue weighted by atomic mass is 10.1. The van der Waals surface area contributed by atoms with Gasteiger partial charge in [-0.3, -0.25) is 0 Å². The van der Waals surface area contributed by atoms with Gasteiger partial charge in [-0.1, -0.05) is 24.3 Å². The van der Waals surface area contributed by atoms with E-state index in [4.69, 9.17) is 4.42 Å². The van der Waals surface area contributed by atoms with E-state index in [1.807, 2.05) is 31.2 Å². The van der Waals surface area contributed by atoms with Crippen molar-refractivity contribution < 1.29 is 12.8 Å². The first-order chi connectivity index (χ1) is 11.0. The Labute approximate surface area is 133 Å². The first kappa shape index (κ1) is 15.5. The van der Waals surface area contributed by atoms with Gasteiger partial charge in [0.15, 0.2) is 0 Å². The van der Waals surface area contributed by atoms with Crippen molar-refractivity contribution in [3.63, 3.8) is 0 Å². The number of rotatable bonds is 4. The van der Waals surface area contributed by atoms with Gasteiger partial charge in [0.1, 0.15) is 5.58 Å². The van der Waals surface area contributed by atoms with Crippen LogP contribution in [0.5, 0.6) is 0 Å². The van der Waals surface area contributed by atoms with Gasteiger partial charge in [-0.25, -0.2) is 17.9 Å². The Morgan fingerprint density at radius 1 is 1.04 bits per heavy atom. The van der Waals surface area contributed by atoms with Crippen LogP contribution < -0.4 is 10.3 Å². The molecule has 0 bridgehead atoms. The minimum atomic E-state index is -3.65. The number of hydrogen-bond acceptors (Lipinski definition) is 4. The number of hydrogen-bond donors (Lipinski definition) is 1. The van der Waals surface area contributed by atoms with E-state index in [1.54, 1.807) is 6.07 Å². The van der Waals surface area contributed by atoms with E-state index in [2.05, 4.69) is 4.72 Å². The van der Waals surface area contributed by atoms with Crippen LogP contribution in [0.25, 0.3) is 11.0 Å². The maximum absolute atomic E-state index is 12.4. The van der Waals surface area contributed by atoms with Crippen molar-refractivity contribution in [1.82, 2.24) is 4.72 Å². The van der Waals surface area contributed by atoms with Crippen LogP contribution in [-0.2, 0) is 16.6 Å². The van der Waals surface area contributed by atoms with Crippen molar-refractivity contribution >= 4 is 21.0 Å². The highest BCUT2D eigenvalue weighted by atomic mass is 32.2.